The molecule has 2 heterocycles. The summed E-state index contributed by atoms with van der Waals surface area (Å²) in [7, 11) is 0. The van der Waals surface area contributed by atoms with Gasteiger partial charge in [0.25, 0.3) is 11.8 Å². The first-order chi connectivity index (χ1) is 17.3. The normalized spacial score (nSPS) is 24.6. The second kappa shape index (κ2) is 8.39. The number of nitrogens with zero attached hydrogens (tertiary/aromatic N) is 1. The molecule has 2 aliphatic heterocycles. The van der Waals surface area contributed by atoms with Crippen molar-refractivity contribution in [1.29, 1.82) is 0 Å². The van der Waals surface area contributed by atoms with Crippen LogP contribution < -0.4 is 10.2 Å². The summed E-state index contributed by atoms with van der Waals surface area (Å²) in [6.07, 6.45) is -9.78. The predicted molar refractivity (Wildman–Crippen MR) is 120 cm³/mol. The topological polar surface area (TPSA) is 58.6 Å². The van der Waals surface area contributed by atoms with E-state index in [0.29, 0.717) is 24.1 Å². The summed E-state index contributed by atoms with van der Waals surface area (Å²) in [6.45, 7) is 2.91. The smallest absolute Gasteiger partial charge is 0.416 e. The summed E-state index contributed by atoms with van der Waals surface area (Å²) in [5.74, 6) is -1.45. The molecule has 1 aliphatic carbocycles. The van der Waals surface area contributed by atoms with Gasteiger partial charge >= 0.3 is 12.4 Å². The molecule has 2 aromatic rings. The zero-order valence-corrected chi connectivity index (χ0v) is 19.5. The van der Waals surface area contributed by atoms with Gasteiger partial charge in [0.05, 0.1) is 29.0 Å². The Morgan fingerprint density at radius 1 is 0.973 bits per heavy atom. The molecule has 1 fully saturated rings. The third-order valence-electron chi connectivity index (χ3n) is 7.09. The predicted octanol–water partition coefficient (Wildman–Crippen LogP) is 5.68. The average Bonchev–Trinajstić information content (AvgIpc) is 3.40. The van der Waals surface area contributed by atoms with E-state index in [2.05, 4.69) is 5.32 Å². The Kier molecular flexibility index (Phi) is 5.65. The molecule has 0 saturated carbocycles. The van der Waals surface area contributed by atoms with Crippen molar-refractivity contribution in [3.8, 4) is 0 Å². The summed E-state index contributed by atoms with van der Waals surface area (Å²) in [4.78, 5) is 26.4. The van der Waals surface area contributed by atoms with Gasteiger partial charge in [0.1, 0.15) is 0 Å². The lowest BCUT2D eigenvalue weighted by Crippen LogP contribution is -2.37. The molecule has 3 aliphatic rings. The Morgan fingerprint density at radius 2 is 1.59 bits per heavy atom. The van der Waals surface area contributed by atoms with Gasteiger partial charge in [0.15, 0.2) is 0 Å². The van der Waals surface area contributed by atoms with Gasteiger partial charge in [-0.25, -0.2) is 0 Å². The molecule has 3 atom stereocenters. The number of carbonyl (C=O) groups is 2. The molecule has 37 heavy (non-hydrogen) atoms. The molecule has 5 rings (SSSR count). The number of benzene rings is 2. The minimum absolute atomic E-state index is 0.00417. The molecule has 0 bridgehead atoms. The Balaban J connectivity index is 1.51. The van der Waals surface area contributed by atoms with Crippen LogP contribution in [0.2, 0.25) is 0 Å². The zero-order valence-electron chi connectivity index (χ0n) is 19.5. The second-order valence-corrected chi connectivity index (χ2v) is 9.27. The third kappa shape index (κ3) is 4.15. The van der Waals surface area contributed by atoms with E-state index in [4.69, 9.17) is 4.74 Å². The van der Waals surface area contributed by atoms with Crippen LogP contribution in [0, 0.1) is 5.92 Å². The minimum atomic E-state index is -5.08. The number of amides is 2. The largest absolute Gasteiger partial charge is 0.473 e. The van der Waals surface area contributed by atoms with Crippen molar-refractivity contribution in [1.82, 2.24) is 5.32 Å². The van der Waals surface area contributed by atoms with Gasteiger partial charge in [-0.15, -0.1) is 0 Å². The van der Waals surface area contributed by atoms with Gasteiger partial charge in [0, 0.05) is 17.2 Å². The molecule has 2 aromatic carbocycles. The molecule has 3 unspecified atom stereocenters. The standard InChI is InChI=1S/C26H20F6N2O3/c1-12-13(2)24(37-11-20-19-7-14-5-3-4-6-18(14)21(19)33-22(20)35)34(23(12)36)17-9-15(25(27,28)29)8-16(10-17)26(30,31)32/h3-6,8-11,19,21,24H,7H2,1-2H3,(H,33,35). The second-order valence-electron chi connectivity index (χ2n) is 9.27. The highest BCUT2D eigenvalue weighted by Gasteiger charge is 2.45. The molecule has 0 radical (unpaired) electrons. The Hall–Kier alpha value is -3.76. The van der Waals surface area contributed by atoms with Gasteiger partial charge in [-0.05, 0) is 55.2 Å². The number of halogens is 6. The molecule has 5 nitrogen and oxygen atoms in total. The lowest BCUT2D eigenvalue weighted by Gasteiger charge is -2.27. The van der Waals surface area contributed by atoms with E-state index in [1.165, 1.54) is 13.8 Å². The molecule has 0 aromatic heterocycles. The maximum absolute atomic E-state index is 13.4. The van der Waals surface area contributed by atoms with E-state index in [9.17, 15) is 35.9 Å². The molecule has 194 valence electrons. The number of fused-ring (bicyclic) bond motifs is 3. The maximum Gasteiger partial charge on any atom is 0.416 e. The minimum Gasteiger partial charge on any atom is -0.473 e. The number of hydrogen-bond acceptors (Lipinski definition) is 3. The monoisotopic (exact) mass is 522 g/mol. The number of alkyl halides is 6. The van der Waals surface area contributed by atoms with E-state index < -0.39 is 47.2 Å². The van der Waals surface area contributed by atoms with Gasteiger partial charge in [-0.2, -0.15) is 26.3 Å². The number of nitrogens with one attached hydrogen (secondary N) is 1. The van der Waals surface area contributed by atoms with Gasteiger partial charge in [-0.1, -0.05) is 24.3 Å². The molecular weight excluding hydrogens is 502 g/mol. The van der Waals surface area contributed by atoms with E-state index in [1.54, 1.807) is 0 Å². The molecule has 1 N–H and O–H groups in total. The van der Waals surface area contributed by atoms with Crippen molar-refractivity contribution in [2.75, 3.05) is 4.90 Å². The van der Waals surface area contributed by atoms with Crippen LogP contribution in [0.1, 0.15) is 42.1 Å². The molecule has 1 saturated heterocycles. The number of anilines is 1. The van der Waals surface area contributed by atoms with Crippen LogP contribution in [0.15, 0.2) is 65.4 Å². The van der Waals surface area contributed by atoms with Crippen LogP contribution >= 0.6 is 0 Å². The van der Waals surface area contributed by atoms with Crippen molar-refractivity contribution >= 4 is 17.5 Å². The van der Waals surface area contributed by atoms with Gasteiger partial charge in [0.2, 0.25) is 6.23 Å². The fourth-order valence-corrected chi connectivity index (χ4v) is 5.06. The van der Waals surface area contributed by atoms with Crippen molar-refractivity contribution < 1.29 is 40.7 Å². The molecule has 0 spiro atoms. The van der Waals surface area contributed by atoms with Crippen LogP contribution in [0.4, 0.5) is 32.0 Å². The number of rotatable bonds is 3. The van der Waals surface area contributed by atoms with Crippen LogP contribution in [-0.4, -0.2) is 18.0 Å². The highest BCUT2D eigenvalue weighted by Crippen LogP contribution is 2.45. The van der Waals surface area contributed by atoms with Crippen molar-refractivity contribution in [3.05, 3.63) is 87.7 Å². The first-order valence-electron chi connectivity index (χ1n) is 11.3. The molecule has 2 amide bonds. The maximum atomic E-state index is 13.4. The lowest BCUT2D eigenvalue weighted by atomic mass is 9.97. The zero-order chi connectivity index (χ0) is 26.9. The molecule has 11 heteroatoms. The van der Waals surface area contributed by atoms with E-state index in [1.807, 2.05) is 24.3 Å². The fourth-order valence-electron chi connectivity index (χ4n) is 5.06. The average molecular weight is 522 g/mol. The third-order valence-corrected chi connectivity index (χ3v) is 7.09. The Morgan fingerprint density at radius 3 is 2.22 bits per heavy atom. The number of carbonyl (C=O) groups excluding carboxylic acids is 2. The van der Waals surface area contributed by atoms with Crippen molar-refractivity contribution in [2.45, 2.75) is 44.9 Å². The van der Waals surface area contributed by atoms with Gasteiger partial charge < -0.3 is 10.1 Å². The highest BCUT2D eigenvalue weighted by molar-refractivity contribution is 6.09. The highest BCUT2D eigenvalue weighted by atomic mass is 19.4. The van der Waals surface area contributed by atoms with E-state index >= 15 is 0 Å². The summed E-state index contributed by atoms with van der Waals surface area (Å²) >= 11 is 0. The molecular formula is C26H20F6N2O3. The van der Waals surface area contributed by atoms with E-state index in [0.717, 1.165) is 22.3 Å². The summed E-state index contributed by atoms with van der Waals surface area (Å²) in [5.41, 5.74) is -0.986. The van der Waals surface area contributed by atoms with E-state index in [-0.39, 0.29) is 29.2 Å². The quantitative estimate of drug-likeness (QED) is 0.321. The fraction of sp³-hybridized carbons (Fsp3) is 0.308. The lowest BCUT2D eigenvalue weighted by molar-refractivity contribution is -0.143. The number of ether oxygens (including phenoxy) is 1. The van der Waals surface area contributed by atoms with Crippen LogP contribution in [0.3, 0.4) is 0 Å². The first-order valence-corrected chi connectivity index (χ1v) is 11.3. The van der Waals surface area contributed by atoms with Crippen molar-refractivity contribution in [3.63, 3.8) is 0 Å². The van der Waals surface area contributed by atoms with Crippen LogP contribution in [0.5, 0.6) is 0 Å². The number of hydrogen-bond donors (Lipinski definition) is 1. The van der Waals surface area contributed by atoms with Crippen LogP contribution in [-0.2, 0) is 33.1 Å². The first kappa shape index (κ1) is 24.9. The van der Waals surface area contributed by atoms with Crippen molar-refractivity contribution in [2.24, 2.45) is 5.92 Å². The summed E-state index contributed by atoms with van der Waals surface area (Å²) in [5, 5.41) is 2.89. The Labute approximate surface area is 207 Å². The summed E-state index contributed by atoms with van der Waals surface area (Å²) in [6, 6.07) is 8.27. The van der Waals surface area contributed by atoms with Crippen LogP contribution in [0.25, 0.3) is 0 Å². The Bertz CT molecular complexity index is 1340. The van der Waals surface area contributed by atoms with Gasteiger partial charge in [-0.3, -0.25) is 14.5 Å². The summed E-state index contributed by atoms with van der Waals surface area (Å²) < 4.78 is 86.4. The SMILES string of the molecule is CC1=C(C)C(OC=C2C(=O)NC3c4ccccc4CC23)N(c2cc(C(F)(F)F)cc(C(F)(F)F)c2)C1=O.